The molecule has 8 nitrogen and oxygen atoms in total. The molecule has 0 atom stereocenters. The number of rotatable bonds is 9. The van der Waals surface area contributed by atoms with Crippen LogP contribution >= 0.6 is 22.9 Å². The lowest BCUT2D eigenvalue weighted by molar-refractivity contribution is 0.598. The van der Waals surface area contributed by atoms with Gasteiger partial charge < -0.3 is 5.32 Å². The van der Waals surface area contributed by atoms with Gasteiger partial charge in [-0.25, -0.2) is 23.5 Å². The minimum Gasteiger partial charge on any atom is -0.322 e. The normalized spacial score (nSPS) is 16.5. The molecular weight excluding hydrogens is 468 g/mol. The fourth-order valence-corrected chi connectivity index (χ4v) is 6.14. The summed E-state index contributed by atoms with van der Waals surface area (Å²) in [5.41, 5.74) is 2.62. The Hall–Kier alpha value is -2.01. The van der Waals surface area contributed by atoms with Crippen LogP contribution in [-0.4, -0.2) is 28.6 Å². The van der Waals surface area contributed by atoms with E-state index in [1.807, 2.05) is 12.1 Å². The van der Waals surface area contributed by atoms with Crippen LogP contribution < -0.4 is 10.5 Å². The lowest BCUT2D eigenvalue weighted by atomic mass is 10.1. The summed E-state index contributed by atoms with van der Waals surface area (Å²) >= 11 is 7.79. The highest BCUT2D eigenvalue weighted by Crippen LogP contribution is 2.46. The van der Waals surface area contributed by atoms with Gasteiger partial charge in [0.25, 0.3) is 0 Å². The van der Waals surface area contributed by atoms with Gasteiger partial charge in [-0.3, -0.25) is 5.10 Å². The lowest BCUT2D eigenvalue weighted by Crippen LogP contribution is -2.12. The maximum atomic E-state index is 12.2. The van der Waals surface area contributed by atoms with E-state index in [-0.39, 0.29) is 4.21 Å². The number of unbranched alkanes of at least 4 members (excludes halogenated alkanes) is 1. The number of hydrogen-bond acceptors (Lipinski definition) is 7. The van der Waals surface area contributed by atoms with Crippen molar-refractivity contribution in [2.24, 2.45) is 5.14 Å². The molecule has 0 unspecified atom stereocenters. The van der Waals surface area contributed by atoms with Crippen LogP contribution in [0.25, 0.3) is 10.7 Å². The van der Waals surface area contributed by atoms with Gasteiger partial charge in [-0.05, 0) is 50.2 Å². The number of halogens is 1. The Kier molecular flexibility index (Phi) is 5.73. The average Bonchev–Trinajstić information content (AvgIpc) is 3.68. The van der Waals surface area contributed by atoms with Crippen molar-refractivity contribution in [3.63, 3.8) is 0 Å². The van der Waals surface area contributed by atoms with Crippen LogP contribution in [0.3, 0.4) is 0 Å². The summed E-state index contributed by atoms with van der Waals surface area (Å²) in [5.74, 6) is 2.44. The lowest BCUT2D eigenvalue weighted by Gasteiger charge is -2.10. The van der Waals surface area contributed by atoms with Crippen molar-refractivity contribution in [3.8, 4) is 10.7 Å². The zero-order chi connectivity index (χ0) is 22.5. The molecule has 3 aromatic heterocycles. The number of nitrogens with zero attached hydrogens (tertiary/aromatic N) is 3. The van der Waals surface area contributed by atoms with E-state index in [0.717, 1.165) is 54.0 Å². The molecule has 0 saturated heterocycles. The molecule has 0 amide bonds. The van der Waals surface area contributed by atoms with Gasteiger partial charge in [-0.2, -0.15) is 5.10 Å². The molecule has 170 valence electrons. The number of nitrogens with one attached hydrogen (secondary N) is 2. The van der Waals surface area contributed by atoms with E-state index in [1.54, 1.807) is 0 Å². The molecule has 0 spiro atoms. The molecule has 2 aliphatic rings. The Morgan fingerprint density at radius 1 is 1.22 bits per heavy atom. The second kappa shape index (κ2) is 8.40. The molecule has 3 heterocycles. The van der Waals surface area contributed by atoms with Crippen LogP contribution in [-0.2, 0) is 16.4 Å². The van der Waals surface area contributed by atoms with Gasteiger partial charge in [0, 0.05) is 23.6 Å². The first-order chi connectivity index (χ1) is 15.3. The molecule has 2 fully saturated rings. The summed E-state index contributed by atoms with van der Waals surface area (Å²) in [7, 11) is -3.82. The van der Waals surface area contributed by atoms with Crippen LogP contribution in [0.2, 0.25) is 5.02 Å². The quantitative estimate of drug-likeness (QED) is 0.382. The Morgan fingerprint density at radius 3 is 2.62 bits per heavy atom. The summed E-state index contributed by atoms with van der Waals surface area (Å²) in [6, 6.07) is 3.84. The average molecular weight is 493 g/mol. The Balaban J connectivity index is 1.54. The summed E-state index contributed by atoms with van der Waals surface area (Å²) in [6.07, 6.45) is 6.89. The smallest absolute Gasteiger partial charge is 0.247 e. The molecule has 11 heteroatoms. The highest BCUT2D eigenvalue weighted by molar-refractivity contribution is 7.91. The maximum absolute atomic E-state index is 12.2. The molecule has 0 bridgehead atoms. The molecule has 0 radical (unpaired) electrons. The minimum absolute atomic E-state index is 0.184. The Labute approximate surface area is 196 Å². The molecule has 2 aliphatic carbocycles. The second-order valence-corrected chi connectivity index (χ2v) is 11.7. The van der Waals surface area contributed by atoms with Crippen molar-refractivity contribution in [1.29, 1.82) is 0 Å². The van der Waals surface area contributed by atoms with Crippen molar-refractivity contribution in [2.45, 2.75) is 67.9 Å². The standard InChI is InChI=1S/C21H25ClN6O2S2/c1-2-3-4-13-9-15(31-21(13)32(23,29)30)19-25-18(12-7-8-12)17(22)20(26-19)24-16-10-14(27-28-16)11-5-6-11/h9-12H,2-8H2,1H3,(H2,23,29,30)(H2,24,25,26,27,28). The molecule has 5 rings (SSSR count). The zero-order valence-electron chi connectivity index (χ0n) is 17.7. The van der Waals surface area contributed by atoms with E-state index in [4.69, 9.17) is 21.7 Å². The highest BCUT2D eigenvalue weighted by atomic mass is 35.5. The van der Waals surface area contributed by atoms with Crippen molar-refractivity contribution in [1.82, 2.24) is 20.2 Å². The first-order valence-electron chi connectivity index (χ1n) is 10.9. The molecule has 4 N–H and O–H groups in total. The zero-order valence-corrected chi connectivity index (χ0v) is 20.1. The highest BCUT2D eigenvalue weighted by Gasteiger charge is 2.31. The van der Waals surface area contributed by atoms with Crippen LogP contribution in [0, 0.1) is 0 Å². The SMILES string of the molecule is CCCCc1cc(-c2nc(Nc3cc(C4CC4)[nH]n3)c(Cl)c(C3CC3)n2)sc1S(N)(=O)=O. The number of nitrogens with two attached hydrogens (primary N) is 1. The molecule has 2 saturated carbocycles. The van der Waals surface area contributed by atoms with Crippen molar-refractivity contribution in [2.75, 3.05) is 5.32 Å². The Morgan fingerprint density at radius 2 is 1.97 bits per heavy atom. The predicted molar refractivity (Wildman–Crippen MR) is 126 cm³/mol. The predicted octanol–water partition coefficient (Wildman–Crippen LogP) is 5.07. The van der Waals surface area contributed by atoms with Crippen molar-refractivity contribution >= 4 is 44.6 Å². The Bertz CT molecular complexity index is 1260. The minimum atomic E-state index is -3.82. The van der Waals surface area contributed by atoms with Gasteiger partial charge in [0.1, 0.15) is 9.23 Å². The van der Waals surface area contributed by atoms with E-state index in [2.05, 4.69) is 27.4 Å². The van der Waals surface area contributed by atoms with Gasteiger partial charge in [0.2, 0.25) is 10.0 Å². The van der Waals surface area contributed by atoms with E-state index >= 15 is 0 Å². The van der Waals surface area contributed by atoms with Crippen LogP contribution in [0.15, 0.2) is 16.3 Å². The molecule has 0 aliphatic heterocycles. The van der Waals surface area contributed by atoms with Gasteiger partial charge in [0.05, 0.1) is 10.6 Å². The van der Waals surface area contributed by atoms with Gasteiger partial charge in [-0.15, -0.1) is 11.3 Å². The molecule has 32 heavy (non-hydrogen) atoms. The van der Waals surface area contributed by atoms with E-state index in [1.165, 1.54) is 12.8 Å². The molecule has 0 aromatic carbocycles. The number of aryl methyl sites for hydroxylation is 1. The molecular formula is C21H25ClN6O2S2. The third-order valence-electron chi connectivity index (χ3n) is 5.75. The molecule has 3 aromatic rings. The van der Waals surface area contributed by atoms with Gasteiger partial charge in [-0.1, -0.05) is 24.9 Å². The number of H-pyrrole nitrogens is 1. The first kappa shape index (κ1) is 21.8. The number of sulfonamides is 1. The van der Waals surface area contributed by atoms with Crippen LogP contribution in [0.5, 0.6) is 0 Å². The summed E-state index contributed by atoms with van der Waals surface area (Å²) in [5, 5.41) is 16.6. The van der Waals surface area contributed by atoms with Crippen molar-refractivity contribution in [3.05, 3.63) is 34.1 Å². The largest absolute Gasteiger partial charge is 0.322 e. The fourth-order valence-electron chi connectivity index (χ4n) is 3.71. The van der Waals surface area contributed by atoms with Crippen LogP contribution in [0.1, 0.15) is 74.2 Å². The van der Waals surface area contributed by atoms with Crippen LogP contribution in [0.4, 0.5) is 11.6 Å². The summed E-state index contributed by atoms with van der Waals surface area (Å²) in [6.45, 7) is 2.07. The number of anilines is 2. The van der Waals surface area contributed by atoms with E-state index in [0.29, 0.717) is 45.6 Å². The summed E-state index contributed by atoms with van der Waals surface area (Å²) in [4.78, 5) is 10.1. The number of thiophene rings is 1. The number of aromatic nitrogens is 4. The van der Waals surface area contributed by atoms with E-state index in [9.17, 15) is 8.42 Å². The summed E-state index contributed by atoms with van der Waals surface area (Å²) < 4.78 is 24.5. The fraction of sp³-hybridized carbons (Fsp3) is 0.476. The van der Waals surface area contributed by atoms with E-state index < -0.39 is 10.0 Å². The maximum Gasteiger partial charge on any atom is 0.247 e. The topological polar surface area (TPSA) is 127 Å². The monoisotopic (exact) mass is 492 g/mol. The number of primary sulfonamides is 1. The van der Waals surface area contributed by atoms with Gasteiger partial charge >= 0.3 is 0 Å². The van der Waals surface area contributed by atoms with Crippen molar-refractivity contribution < 1.29 is 8.42 Å². The third-order valence-corrected chi connectivity index (χ3v) is 8.82. The van der Waals surface area contributed by atoms with Gasteiger partial charge in [0.15, 0.2) is 17.5 Å². The third kappa shape index (κ3) is 4.54. The number of aromatic amines is 1. The second-order valence-electron chi connectivity index (χ2n) is 8.55. The first-order valence-corrected chi connectivity index (χ1v) is 13.6. The number of hydrogen-bond donors (Lipinski definition) is 3.